The highest BCUT2D eigenvalue weighted by atomic mass is 16.5. The van der Waals surface area contributed by atoms with E-state index in [1.807, 2.05) is 19.1 Å². The zero-order valence-electron chi connectivity index (χ0n) is 10.1. The molecular weight excluding hydrogens is 218 g/mol. The molecule has 1 aliphatic rings. The van der Waals surface area contributed by atoms with Gasteiger partial charge in [-0.3, -0.25) is 4.79 Å². The Balaban J connectivity index is 2.18. The van der Waals surface area contributed by atoms with Crippen molar-refractivity contribution in [3.05, 3.63) is 29.8 Å². The lowest BCUT2D eigenvalue weighted by Crippen LogP contribution is -2.45. The molecule has 0 spiro atoms. The lowest BCUT2D eigenvalue weighted by atomic mass is 9.90. The van der Waals surface area contributed by atoms with Crippen molar-refractivity contribution in [2.75, 3.05) is 13.7 Å². The fourth-order valence-corrected chi connectivity index (χ4v) is 2.42. The molecule has 1 aliphatic heterocycles. The van der Waals surface area contributed by atoms with Crippen LogP contribution in [-0.2, 0) is 9.53 Å². The Morgan fingerprint density at radius 1 is 1.53 bits per heavy atom. The zero-order chi connectivity index (χ0) is 12.5. The van der Waals surface area contributed by atoms with Crippen molar-refractivity contribution < 1.29 is 14.6 Å². The number of aromatic hydroxyl groups is 1. The molecule has 0 aliphatic carbocycles. The van der Waals surface area contributed by atoms with Crippen LogP contribution in [0.2, 0.25) is 0 Å². The van der Waals surface area contributed by atoms with Gasteiger partial charge < -0.3 is 15.2 Å². The van der Waals surface area contributed by atoms with Gasteiger partial charge in [-0.2, -0.15) is 0 Å². The van der Waals surface area contributed by atoms with Crippen molar-refractivity contribution in [1.82, 2.24) is 5.32 Å². The number of phenolic OH excluding ortho intramolecular Hbond substituents is 1. The summed E-state index contributed by atoms with van der Waals surface area (Å²) in [5.41, 5.74) is 0.231. The van der Waals surface area contributed by atoms with Crippen molar-refractivity contribution in [1.29, 1.82) is 0 Å². The van der Waals surface area contributed by atoms with E-state index < -0.39 is 5.54 Å². The molecule has 2 atom stereocenters. The van der Waals surface area contributed by atoms with E-state index in [9.17, 15) is 9.90 Å². The molecular formula is C13H17NO3. The van der Waals surface area contributed by atoms with Crippen molar-refractivity contribution in [3.8, 4) is 5.75 Å². The number of nitrogens with one attached hydrogen (secondary N) is 1. The molecule has 4 nitrogen and oxygen atoms in total. The number of para-hydroxylation sites is 1. The smallest absolute Gasteiger partial charge is 0.325 e. The van der Waals surface area contributed by atoms with E-state index in [0.29, 0.717) is 13.0 Å². The maximum atomic E-state index is 11.7. The Morgan fingerprint density at radius 2 is 2.24 bits per heavy atom. The number of methoxy groups -OCH3 is 1. The summed E-state index contributed by atoms with van der Waals surface area (Å²) in [7, 11) is 1.39. The van der Waals surface area contributed by atoms with Gasteiger partial charge in [-0.1, -0.05) is 18.2 Å². The van der Waals surface area contributed by atoms with Crippen molar-refractivity contribution in [2.24, 2.45) is 0 Å². The molecule has 0 amide bonds. The van der Waals surface area contributed by atoms with Gasteiger partial charge in [0.25, 0.3) is 0 Å². The summed E-state index contributed by atoms with van der Waals surface area (Å²) in [6, 6.07) is 7.25. The normalized spacial score (nSPS) is 28.0. The SMILES string of the molecule is COC(=O)C1(C)CC(c2ccccc2O)CN1. The van der Waals surface area contributed by atoms with Crippen molar-refractivity contribution >= 4 is 5.97 Å². The number of hydrogen-bond acceptors (Lipinski definition) is 4. The van der Waals surface area contributed by atoms with E-state index >= 15 is 0 Å². The minimum absolute atomic E-state index is 0.139. The van der Waals surface area contributed by atoms with Crippen LogP contribution in [0, 0.1) is 0 Å². The first-order valence-corrected chi connectivity index (χ1v) is 5.68. The first-order chi connectivity index (χ1) is 8.07. The Labute approximate surface area is 101 Å². The second-order valence-corrected chi connectivity index (χ2v) is 4.66. The number of phenols is 1. The fourth-order valence-electron chi connectivity index (χ4n) is 2.42. The largest absolute Gasteiger partial charge is 0.508 e. The third-order valence-corrected chi connectivity index (χ3v) is 3.41. The number of benzene rings is 1. The van der Waals surface area contributed by atoms with Crippen LogP contribution in [0.25, 0.3) is 0 Å². The van der Waals surface area contributed by atoms with E-state index in [0.717, 1.165) is 5.56 Å². The average molecular weight is 235 g/mol. The summed E-state index contributed by atoms with van der Waals surface area (Å²) >= 11 is 0. The summed E-state index contributed by atoms with van der Waals surface area (Å²) in [6.07, 6.45) is 0.636. The summed E-state index contributed by atoms with van der Waals surface area (Å²) < 4.78 is 4.79. The van der Waals surface area contributed by atoms with Crippen molar-refractivity contribution in [3.63, 3.8) is 0 Å². The van der Waals surface area contributed by atoms with E-state index in [-0.39, 0.29) is 17.6 Å². The third kappa shape index (κ3) is 2.13. The molecule has 0 bridgehead atoms. The molecule has 1 aromatic rings. The number of carbonyl (C=O) groups excluding carboxylic acids is 1. The predicted octanol–water partition coefficient (Wildman–Crippen LogP) is 1.40. The zero-order valence-corrected chi connectivity index (χ0v) is 10.1. The van der Waals surface area contributed by atoms with Gasteiger partial charge in [-0.05, 0) is 25.0 Å². The highest BCUT2D eigenvalue weighted by Gasteiger charge is 2.42. The summed E-state index contributed by atoms with van der Waals surface area (Å²) in [5, 5.41) is 13.0. The highest BCUT2D eigenvalue weighted by molar-refractivity contribution is 5.81. The summed E-state index contributed by atoms with van der Waals surface area (Å²) in [4.78, 5) is 11.7. The minimum Gasteiger partial charge on any atom is -0.508 e. The number of carbonyl (C=O) groups is 1. The van der Waals surface area contributed by atoms with Gasteiger partial charge in [-0.25, -0.2) is 0 Å². The lowest BCUT2D eigenvalue weighted by molar-refractivity contribution is -0.147. The molecule has 1 heterocycles. The molecule has 17 heavy (non-hydrogen) atoms. The number of rotatable bonds is 2. The molecule has 1 saturated heterocycles. The molecule has 92 valence electrons. The van der Waals surface area contributed by atoms with Gasteiger partial charge >= 0.3 is 5.97 Å². The van der Waals surface area contributed by atoms with Crippen LogP contribution in [0.4, 0.5) is 0 Å². The standard InChI is InChI=1S/C13H17NO3/c1-13(12(16)17-2)7-9(8-14-13)10-5-3-4-6-11(10)15/h3-6,9,14-15H,7-8H2,1-2H3. The summed E-state index contributed by atoms with van der Waals surface area (Å²) in [5.74, 6) is 0.170. The van der Waals surface area contributed by atoms with E-state index in [1.54, 1.807) is 12.1 Å². The third-order valence-electron chi connectivity index (χ3n) is 3.41. The van der Waals surface area contributed by atoms with E-state index in [2.05, 4.69) is 5.32 Å². The van der Waals surface area contributed by atoms with Gasteiger partial charge in [-0.15, -0.1) is 0 Å². The Bertz CT molecular complexity index is 432. The molecule has 1 fully saturated rings. The molecule has 2 unspecified atom stereocenters. The molecule has 2 N–H and O–H groups in total. The lowest BCUT2D eigenvalue weighted by Gasteiger charge is -2.21. The Kier molecular flexibility index (Phi) is 3.07. The number of hydrogen-bond donors (Lipinski definition) is 2. The monoisotopic (exact) mass is 235 g/mol. The van der Waals surface area contributed by atoms with E-state index in [4.69, 9.17) is 4.74 Å². The van der Waals surface area contributed by atoms with Crippen molar-refractivity contribution in [2.45, 2.75) is 24.8 Å². The first-order valence-electron chi connectivity index (χ1n) is 5.68. The number of esters is 1. The van der Waals surface area contributed by atoms with Gasteiger partial charge in [0.05, 0.1) is 7.11 Å². The van der Waals surface area contributed by atoms with Gasteiger partial charge in [0, 0.05) is 12.5 Å². The van der Waals surface area contributed by atoms with E-state index in [1.165, 1.54) is 7.11 Å². The molecule has 0 saturated carbocycles. The second-order valence-electron chi connectivity index (χ2n) is 4.66. The Morgan fingerprint density at radius 3 is 2.88 bits per heavy atom. The second kappa shape index (κ2) is 4.37. The van der Waals surface area contributed by atoms with Crippen LogP contribution >= 0.6 is 0 Å². The predicted molar refractivity (Wildman–Crippen MR) is 63.9 cm³/mol. The molecule has 1 aromatic carbocycles. The van der Waals surface area contributed by atoms with Gasteiger partial charge in [0.2, 0.25) is 0 Å². The molecule has 0 radical (unpaired) electrons. The quantitative estimate of drug-likeness (QED) is 0.761. The van der Waals surface area contributed by atoms with Crippen LogP contribution in [0.15, 0.2) is 24.3 Å². The van der Waals surface area contributed by atoms with Gasteiger partial charge in [0.1, 0.15) is 11.3 Å². The molecule has 4 heteroatoms. The minimum atomic E-state index is -0.651. The number of ether oxygens (including phenoxy) is 1. The fraction of sp³-hybridized carbons (Fsp3) is 0.462. The topological polar surface area (TPSA) is 58.6 Å². The first kappa shape index (κ1) is 11.9. The maximum absolute atomic E-state index is 11.7. The Hall–Kier alpha value is -1.55. The van der Waals surface area contributed by atoms with Crippen LogP contribution < -0.4 is 5.32 Å². The van der Waals surface area contributed by atoms with Crippen LogP contribution in [-0.4, -0.2) is 30.3 Å². The maximum Gasteiger partial charge on any atom is 0.325 e. The molecule has 0 aromatic heterocycles. The van der Waals surface area contributed by atoms with Crippen LogP contribution in [0.5, 0.6) is 5.75 Å². The highest BCUT2D eigenvalue weighted by Crippen LogP contribution is 2.36. The average Bonchev–Trinajstić information content (AvgIpc) is 2.72. The summed E-state index contributed by atoms with van der Waals surface area (Å²) in [6.45, 7) is 2.50. The van der Waals surface area contributed by atoms with Crippen LogP contribution in [0.3, 0.4) is 0 Å². The van der Waals surface area contributed by atoms with Crippen LogP contribution in [0.1, 0.15) is 24.8 Å². The molecule has 2 rings (SSSR count). The van der Waals surface area contributed by atoms with Gasteiger partial charge in [0.15, 0.2) is 0 Å².